The van der Waals surface area contributed by atoms with Gasteiger partial charge in [-0.15, -0.1) is 10.2 Å². The van der Waals surface area contributed by atoms with E-state index in [1.165, 1.54) is 25.4 Å². The van der Waals surface area contributed by atoms with Crippen molar-refractivity contribution in [2.24, 2.45) is 0 Å². The Morgan fingerprint density at radius 3 is 2.71 bits per heavy atom. The minimum absolute atomic E-state index is 0.0150. The third kappa shape index (κ3) is 4.13. The number of fused-ring (bicyclic) bond motifs is 2. The fourth-order valence-electron chi connectivity index (χ4n) is 4.91. The van der Waals surface area contributed by atoms with Gasteiger partial charge in [-0.25, -0.2) is 14.4 Å². The third-order valence-corrected chi connectivity index (χ3v) is 6.80. The fourth-order valence-corrected chi connectivity index (χ4v) is 4.91. The van der Waals surface area contributed by atoms with Gasteiger partial charge in [0.2, 0.25) is 0 Å². The summed E-state index contributed by atoms with van der Waals surface area (Å²) in [6.45, 7) is 0. The molecule has 3 aromatic rings. The van der Waals surface area contributed by atoms with Gasteiger partial charge in [-0.2, -0.15) is 4.39 Å². The monoisotopic (exact) mass is 468 g/mol. The van der Waals surface area contributed by atoms with Crippen molar-refractivity contribution in [1.29, 1.82) is 0 Å². The number of phenolic OH excluding ortho intramolecular Hbond substituents is 1. The van der Waals surface area contributed by atoms with E-state index in [1.807, 2.05) is 11.9 Å². The van der Waals surface area contributed by atoms with Crippen LogP contribution in [-0.2, 0) is 0 Å². The first-order valence-corrected chi connectivity index (χ1v) is 11.3. The SMILES string of the molecule is COc1cc(-c2ccc(-c3ncc(N(C)[C@H]4C[C@H]5CCC[C@H](N5)[C@H]4F)nn3)c(O)c2)cnc1F. The lowest BCUT2D eigenvalue weighted by atomic mass is 9.82. The van der Waals surface area contributed by atoms with Gasteiger partial charge in [0, 0.05) is 30.9 Å². The average Bonchev–Trinajstić information content (AvgIpc) is 2.86. The number of ether oxygens (including phenoxy) is 1. The molecular formula is C24H26F2N6O2. The van der Waals surface area contributed by atoms with Crippen LogP contribution in [0.2, 0.25) is 0 Å². The summed E-state index contributed by atoms with van der Waals surface area (Å²) in [5.41, 5.74) is 1.61. The van der Waals surface area contributed by atoms with Gasteiger partial charge >= 0.3 is 0 Å². The number of anilines is 1. The van der Waals surface area contributed by atoms with E-state index < -0.39 is 12.1 Å². The van der Waals surface area contributed by atoms with Crippen molar-refractivity contribution >= 4 is 5.82 Å². The number of nitrogens with one attached hydrogen (secondary N) is 1. The summed E-state index contributed by atoms with van der Waals surface area (Å²) in [6, 6.07) is 6.35. The molecule has 10 heteroatoms. The van der Waals surface area contributed by atoms with Gasteiger partial charge in [-0.1, -0.05) is 12.5 Å². The van der Waals surface area contributed by atoms with E-state index in [9.17, 15) is 9.50 Å². The predicted molar refractivity (Wildman–Crippen MR) is 123 cm³/mol. The zero-order valence-electron chi connectivity index (χ0n) is 18.9. The van der Waals surface area contributed by atoms with Gasteiger partial charge in [0.1, 0.15) is 11.9 Å². The first-order chi connectivity index (χ1) is 16.4. The second kappa shape index (κ2) is 9.09. The van der Waals surface area contributed by atoms with Crippen molar-refractivity contribution in [3.05, 3.63) is 42.6 Å². The first-order valence-electron chi connectivity index (χ1n) is 11.3. The maximum Gasteiger partial charge on any atom is 0.255 e. The van der Waals surface area contributed by atoms with Crippen molar-refractivity contribution in [3.8, 4) is 34.0 Å². The van der Waals surface area contributed by atoms with Gasteiger partial charge in [0.25, 0.3) is 5.95 Å². The molecule has 2 N–H and O–H groups in total. The molecule has 2 fully saturated rings. The summed E-state index contributed by atoms with van der Waals surface area (Å²) in [4.78, 5) is 9.87. The summed E-state index contributed by atoms with van der Waals surface area (Å²) in [6.07, 6.45) is 5.61. The molecule has 8 nitrogen and oxygen atoms in total. The zero-order valence-corrected chi connectivity index (χ0v) is 18.9. The number of methoxy groups -OCH3 is 1. The molecule has 0 saturated carbocycles. The number of aromatic nitrogens is 4. The summed E-state index contributed by atoms with van der Waals surface area (Å²) in [7, 11) is 3.18. The van der Waals surface area contributed by atoms with Crippen molar-refractivity contribution < 1.29 is 18.6 Å². The molecule has 1 aromatic carbocycles. The predicted octanol–water partition coefficient (Wildman–Crippen LogP) is 3.51. The molecular weight excluding hydrogens is 442 g/mol. The van der Waals surface area contributed by atoms with Gasteiger partial charge in [0.15, 0.2) is 17.4 Å². The van der Waals surface area contributed by atoms with Crippen LogP contribution in [0.15, 0.2) is 36.7 Å². The minimum Gasteiger partial charge on any atom is -0.507 e. The zero-order chi connectivity index (χ0) is 23.8. The number of piperidine rings is 2. The van der Waals surface area contributed by atoms with Crippen LogP contribution < -0.4 is 15.0 Å². The molecule has 2 aliphatic heterocycles. The molecule has 2 saturated heterocycles. The lowest BCUT2D eigenvalue weighted by Gasteiger charge is -2.45. The topological polar surface area (TPSA) is 96.3 Å². The number of nitrogens with zero attached hydrogens (tertiary/aromatic N) is 5. The van der Waals surface area contributed by atoms with E-state index in [4.69, 9.17) is 4.74 Å². The Morgan fingerprint density at radius 2 is 1.97 bits per heavy atom. The van der Waals surface area contributed by atoms with Crippen molar-refractivity contribution in [3.63, 3.8) is 0 Å². The minimum atomic E-state index is -0.987. The maximum absolute atomic E-state index is 15.1. The molecule has 0 unspecified atom stereocenters. The molecule has 2 bridgehead atoms. The van der Waals surface area contributed by atoms with Crippen LogP contribution in [0, 0.1) is 5.95 Å². The maximum atomic E-state index is 15.1. The Labute approximate surface area is 196 Å². The molecule has 0 aliphatic carbocycles. The number of alkyl halides is 1. The fraction of sp³-hybridized carbons (Fsp3) is 0.417. The van der Waals surface area contributed by atoms with E-state index in [-0.39, 0.29) is 29.4 Å². The highest BCUT2D eigenvalue weighted by molar-refractivity contribution is 5.73. The van der Waals surface area contributed by atoms with E-state index in [2.05, 4.69) is 25.5 Å². The Bertz CT molecular complexity index is 1180. The molecule has 2 aromatic heterocycles. The number of aromatic hydroxyl groups is 1. The quantitative estimate of drug-likeness (QED) is 0.550. The summed E-state index contributed by atoms with van der Waals surface area (Å²) in [5.74, 6) is -0.0183. The normalized spacial score (nSPS) is 24.0. The van der Waals surface area contributed by atoms with E-state index in [0.29, 0.717) is 35.0 Å². The number of hydrogen-bond acceptors (Lipinski definition) is 8. The third-order valence-electron chi connectivity index (χ3n) is 6.80. The van der Waals surface area contributed by atoms with Crippen molar-refractivity contribution in [1.82, 2.24) is 25.5 Å². The molecule has 4 atom stereocenters. The Morgan fingerprint density at radius 1 is 1.12 bits per heavy atom. The number of rotatable bonds is 5. The van der Waals surface area contributed by atoms with E-state index >= 15 is 4.39 Å². The van der Waals surface area contributed by atoms with Crippen LogP contribution in [0.25, 0.3) is 22.5 Å². The van der Waals surface area contributed by atoms with E-state index in [1.54, 1.807) is 18.3 Å². The van der Waals surface area contributed by atoms with Crippen LogP contribution in [0.4, 0.5) is 14.6 Å². The molecule has 178 valence electrons. The Kier molecular flexibility index (Phi) is 5.99. The Hall–Kier alpha value is -3.40. The summed E-state index contributed by atoms with van der Waals surface area (Å²) in [5, 5.41) is 22.4. The summed E-state index contributed by atoms with van der Waals surface area (Å²) >= 11 is 0. The van der Waals surface area contributed by atoms with E-state index in [0.717, 1.165) is 19.3 Å². The number of benzene rings is 1. The second-order valence-corrected chi connectivity index (χ2v) is 8.85. The highest BCUT2D eigenvalue weighted by Gasteiger charge is 2.42. The average molecular weight is 469 g/mol. The smallest absolute Gasteiger partial charge is 0.255 e. The molecule has 0 amide bonds. The van der Waals surface area contributed by atoms with Gasteiger partial charge in [-0.3, -0.25) is 0 Å². The number of hydrogen-bond donors (Lipinski definition) is 2. The number of pyridine rings is 1. The summed E-state index contributed by atoms with van der Waals surface area (Å²) < 4.78 is 33.6. The van der Waals surface area contributed by atoms with Gasteiger partial charge < -0.3 is 20.1 Å². The Balaban J connectivity index is 1.35. The molecule has 0 spiro atoms. The van der Waals surface area contributed by atoms with Crippen LogP contribution in [0.5, 0.6) is 11.5 Å². The largest absolute Gasteiger partial charge is 0.507 e. The van der Waals surface area contributed by atoms with Crippen molar-refractivity contribution in [2.75, 3.05) is 19.1 Å². The molecule has 4 heterocycles. The van der Waals surface area contributed by atoms with Crippen LogP contribution >= 0.6 is 0 Å². The van der Waals surface area contributed by atoms with Gasteiger partial charge in [0.05, 0.1) is 24.9 Å². The molecule has 5 rings (SSSR count). The van der Waals surface area contributed by atoms with Crippen LogP contribution in [0.3, 0.4) is 0 Å². The first kappa shape index (κ1) is 22.4. The van der Waals surface area contributed by atoms with Gasteiger partial charge in [-0.05, 0) is 43.0 Å². The second-order valence-electron chi connectivity index (χ2n) is 8.85. The lowest BCUT2D eigenvalue weighted by molar-refractivity contribution is 0.107. The van der Waals surface area contributed by atoms with Crippen LogP contribution in [-0.4, -0.2) is 63.7 Å². The van der Waals surface area contributed by atoms with Crippen LogP contribution in [0.1, 0.15) is 25.7 Å². The number of halogens is 2. The highest BCUT2D eigenvalue weighted by Crippen LogP contribution is 2.34. The highest BCUT2D eigenvalue weighted by atomic mass is 19.1. The standard InChI is InChI=1S/C24H26F2N6O2/c1-32(18-10-15-4-3-5-17(29-15)22(18)25)21-12-28-24(31-30-21)16-7-6-13(8-19(16)33)14-9-20(34-2)23(26)27-11-14/h6-9,11-12,15,17-18,22,29,33H,3-5,10H2,1-2H3/t15-,17+,18+,22-/m1/s1. The lowest BCUT2D eigenvalue weighted by Crippen LogP contribution is -2.61. The molecule has 34 heavy (non-hydrogen) atoms. The van der Waals surface area contributed by atoms with Crippen molar-refractivity contribution in [2.45, 2.75) is 50.0 Å². The molecule has 2 aliphatic rings. The number of phenols is 1. The molecule has 0 radical (unpaired) electrons.